The number of carbonyl (C=O) groups is 1. The number of benzene rings is 1. The molecular formula is C18H26N2O. The third-order valence-corrected chi connectivity index (χ3v) is 3.31. The van der Waals surface area contributed by atoms with Gasteiger partial charge in [-0.15, -0.1) is 0 Å². The highest BCUT2D eigenvalue weighted by Crippen LogP contribution is 2.11. The Labute approximate surface area is 128 Å². The van der Waals surface area contributed by atoms with E-state index >= 15 is 0 Å². The maximum atomic E-state index is 12.2. The average Bonchev–Trinajstić information content (AvgIpc) is 2.45. The Hall–Kier alpha value is -1.79. The molecule has 0 aliphatic carbocycles. The summed E-state index contributed by atoms with van der Waals surface area (Å²) in [5.74, 6) is 6.47. The first-order valence-corrected chi connectivity index (χ1v) is 7.62. The minimum Gasteiger partial charge on any atom is -0.352 e. The third-order valence-electron chi connectivity index (χ3n) is 3.31. The lowest BCUT2D eigenvalue weighted by Crippen LogP contribution is -2.25. The Morgan fingerprint density at radius 1 is 1.33 bits per heavy atom. The smallest absolute Gasteiger partial charge is 0.251 e. The van der Waals surface area contributed by atoms with E-state index < -0.39 is 0 Å². The predicted molar refractivity (Wildman–Crippen MR) is 88.1 cm³/mol. The van der Waals surface area contributed by atoms with Crippen molar-refractivity contribution in [3.05, 3.63) is 34.9 Å². The Morgan fingerprint density at radius 3 is 2.76 bits per heavy atom. The van der Waals surface area contributed by atoms with Gasteiger partial charge in [0, 0.05) is 17.7 Å². The molecule has 0 spiro atoms. The lowest BCUT2D eigenvalue weighted by Gasteiger charge is -2.09. The second kappa shape index (κ2) is 9.20. The zero-order chi connectivity index (χ0) is 15.7. The van der Waals surface area contributed by atoms with E-state index in [1.807, 2.05) is 25.1 Å². The molecule has 0 radical (unpaired) electrons. The van der Waals surface area contributed by atoms with Crippen molar-refractivity contribution in [1.82, 2.24) is 5.32 Å². The Balaban J connectivity index is 2.57. The summed E-state index contributed by atoms with van der Waals surface area (Å²) in [6.07, 6.45) is 3.38. The number of hydrogen-bond acceptors (Lipinski definition) is 2. The Kier molecular flexibility index (Phi) is 7.56. The first-order chi connectivity index (χ1) is 10.0. The van der Waals surface area contributed by atoms with Gasteiger partial charge in [-0.05, 0) is 37.0 Å². The molecule has 3 heteroatoms. The van der Waals surface area contributed by atoms with Crippen LogP contribution >= 0.6 is 0 Å². The van der Waals surface area contributed by atoms with Gasteiger partial charge in [-0.25, -0.2) is 0 Å². The van der Waals surface area contributed by atoms with E-state index in [2.05, 4.69) is 31.0 Å². The zero-order valence-corrected chi connectivity index (χ0v) is 13.3. The molecule has 1 aromatic carbocycles. The minimum atomic E-state index is -0.0200. The summed E-state index contributed by atoms with van der Waals surface area (Å²) in [5.41, 5.74) is 7.86. The molecule has 3 N–H and O–H groups in total. The normalized spacial score (nSPS) is 10.1. The molecule has 1 aromatic rings. The number of amides is 1. The Morgan fingerprint density at radius 2 is 2.10 bits per heavy atom. The van der Waals surface area contributed by atoms with Crippen LogP contribution in [0.1, 0.15) is 54.6 Å². The maximum Gasteiger partial charge on any atom is 0.251 e. The van der Waals surface area contributed by atoms with E-state index in [-0.39, 0.29) is 5.91 Å². The first-order valence-electron chi connectivity index (χ1n) is 7.62. The number of hydrogen-bond donors (Lipinski definition) is 2. The van der Waals surface area contributed by atoms with Gasteiger partial charge in [0.25, 0.3) is 5.91 Å². The molecule has 114 valence electrons. The van der Waals surface area contributed by atoms with Crippen molar-refractivity contribution in [2.75, 3.05) is 13.1 Å². The number of nitrogens with one attached hydrogen (secondary N) is 1. The minimum absolute atomic E-state index is 0.0200. The number of aryl methyl sites for hydroxylation is 1. The summed E-state index contributed by atoms with van der Waals surface area (Å²) in [7, 11) is 0. The van der Waals surface area contributed by atoms with E-state index in [4.69, 9.17) is 5.73 Å². The van der Waals surface area contributed by atoms with Gasteiger partial charge in [0.05, 0.1) is 6.54 Å². The van der Waals surface area contributed by atoms with Crippen LogP contribution in [0.25, 0.3) is 0 Å². The fourth-order valence-electron chi connectivity index (χ4n) is 2.07. The van der Waals surface area contributed by atoms with Crippen molar-refractivity contribution in [1.29, 1.82) is 0 Å². The van der Waals surface area contributed by atoms with Gasteiger partial charge < -0.3 is 11.1 Å². The fraction of sp³-hybridized carbons (Fsp3) is 0.500. The van der Waals surface area contributed by atoms with Crippen molar-refractivity contribution >= 4 is 5.91 Å². The van der Waals surface area contributed by atoms with Gasteiger partial charge in [0.2, 0.25) is 0 Å². The van der Waals surface area contributed by atoms with Gasteiger partial charge in [0.15, 0.2) is 0 Å². The highest BCUT2D eigenvalue weighted by atomic mass is 16.1. The van der Waals surface area contributed by atoms with E-state index in [0.717, 1.165) is 36.4 Å². The SMILES string of the molecule is Cc1ccc(C#CCN)cc1C(=O)NCCCCC(C)C. The third kappa shape index (κ3) is 6.46. The number of carbonyl (C=O) groups excluding carboxylic acids is 1. The molecule has 0 fully saturated rings. The van der Waals surface area contributed by atoms with Crippen molar-refractivity contribution in [2.24, 2.45) is 11.7 Å². The van der Waals surface area contributed by atoms with Gasteiger partial charge in [0.1, 0.15) is 0 Å². The molecule has 0 unspecified atom stereocenters. The van der Waals surface area contributed by atoms with Crippen LogP contribution in [0.4, 0.5) is 0 Å². The number of unbranched alkanes of at least 4 members (excludes halogenated alkanes) is 1. The highest BCUT2D eigenvalue weighted by molar-refractivity contribution is 5.96. The first kappa shape index (κ1) is 17.3. The van der Waals surface area contributed by atoms with Gasteiger partial charge in [-0.3, -0.25) is 4.79 Å². The molecule has 0 heterocycles. The predicted octanol–water partition coefficient (Wildman–Crippen LogP) is 2.86. The molecule has 0 aromatic heterocycles. The van der Waals surface area contributed by atoms with Crippen LogP contribution in [-0.4, -0.2) is 19.0 Å². The van der Waals surface area contributed by atoms with Crippen molar-refractivity contribution in [3.63, 3.8) is 0 Å². The second-order valence-corrected chi connectivity index (χ2v) is 5.68. The highest BCUT2D eigenvalue weighted by Gasteiger charge is 2.08. The van der Waals surface area contributed by atoms with Crippen molar-refractivity contribution < 1.29 is 4.79 Å². The van der Waals surface area contributed by atoms with Crippen LogP contribution in [0.15, 0.2) is 18.2 Å². The molecule has 0 aliphatic rings. The molecule has 0 aliphatic heterocycles. The molecule has 0 saturated heterocycles. The maximum absolute atomic E-state index is 12.2. The van der Waals surface area contributed by atoms with Crippen molar-refractivity contribution in [2.45, 2.75) is 40.0 Å². The Bertz CT molecular complexity index is 524. The molecule has 0 saturated carbocycles. The van der Waals surface area contributed by atoms with Crippen molar-refractivity contribution in [3.8, 4) is 11.8 Å². The standard InChI is InChI=1S/C18H26N2O/c1-14(2)7-4-5-12-20-18(21)17-13-16(8-6-11-19)10-9-15(17)3/h9-10,13-14H,4-5,7,11-12,19H2,1-3H3,(H,20,21). The topological polar surface area (TPSA) is 55.1 Å². The number of nitrogens with two attached hydrogens (primary N) is 1. The van der Waals surface area contributed by atoms with Crippen LogP contribution in [0.2, 0.25) is 0 Å². The fourth-order valence-corrected chi connectivity index (χ4v) is 2.07. The summed E-state index contributed by atoms with van der Waals surface area (Å²) in [6, 6.07) is 5.67. The van der Waals surface area contributed by atoms with Crippen LogP contribution < -0.4 is 11.1 Å². The zero-order valence-electron chi connectivity index (χ0n) is 13.3. The molecular weight excluding hydrogens is 260 g/mol. The van der Waals surface area contributed by atoms with Gasteiger partial charge in [-0.2, -0.15) is 0 Å². The largest absolute Gasteiger partial charge is 0.352 e. The van der Waals surface area contributed by atoms with E-state index in [0.29, 0.717) is 12.1 Å². The van der Waals surface area contributed by atoms with Crippen LogP contribution in [0.5, 0.6) is 0 Å². The molecule has 0 bridgehead atoms. The lowest BCUT2D eigenvalue weighted by atomic mass is 10.0. The molecule has 21 heavy (non-hydrogen) atoms. The average molecular weight is 286 g/mol. The quantitative estimate of drug-likeness (QED) is 0.624. The van der Waals surface area contributed by atoms with Crippen LogP contribution in [-0.2, 0) is 0 Å². The van der Waals surface area contributed by atoms with Gasteiger partial charge in [-0.1, -0.05) is 44.6 Å². The summed E-state index contributed by atoms with van der Waals surface area (Å²) >= 11 is 0. The summed E-state index contributed by atoms with van der Waals surface area (Å²) < 4.78 is 0. The van der Waals surface area contributed by atoms with E-state index in [1.165, 1.54) is 6.42 Å². The lowest BCUT2D eigenvalue weighted by molar-refractivity contribution is 0.0952. The number of rotatable bonds is 6. The molecule has 3 nitrogen and oxygen atoms in total. The summed E-state index contributed by atoms with van der Waals surface area (Å²) in [5, 5.41) is 2.99. The van der Waals surface area contributed by atoms with Crippen LogP contribution in [0, 0.1) is 24.7 Å². The molecule has 1 amide bonds. The second-order valence-electron chi connectivity index (χ2n) is 5.68. The van der Waals surface area contributed by atoms with Crippen LogP contribution in [0.3, 0.4) is 0 Å². The molecule has 1 rings (SSSR count). The van der Waals surface area contributed by atoms with E-state index in [9.17, 15) is 4.79 Å². The van der Waals surface area contributed by atoms with Gasteiger partial charge >= 0.3 is 0 Å². The van der Waals surface area contributed by atoms with E-state index in [1.54, 1.807) is 0 Å². The summed E-state index contributed by atoms with van der Waals surface area (Å²) in [4.78, 5) is 12.2. The summed E-state index contributed by atoms with van der Waals surface area (Å²) in [6.45, 7) is 7.43. The monoisotopic (exact) mass is 286 g/mol. The molecule has 0 atom stereocenters.